The molecule has 1 aromatic heterocycles. The Balaban J connectivity index is 1.65. The minimum absolute atomic E-state index is 0.000650. The molecule has 1 atom stereocenters. The van der Waals surface area contributed by atoms with Crippen molar-refractivity contribution in [1.29, 1.82) is 0 Å². The van der Waals surface area contributed by atoms with Gasteiger partial charge in [0, 0.05) is 13.3 Å². The molecule has 1 aromatic carbocycles. The van der Waals surface area contributed by atoms with Gasteiger partial charge in [0.1, 0.15) is 17.6 Å². The highest BCUT2D eigenvalue weighted by molar-refractivity contribution is 6.07. The van der Waals surface area contributed by atoms with Gasteiger partial charge in [0.15, 0.2) is 5.89 Å². The van der Waals surface area contributed by atoms with Crippen LogP contribution in [0.15, 0.2) is 34.9 Å². The molecule has 1 unspecified atom stereocenters. The number of urea groups is 1. The number of piperidine rings is 1. The number of carbonyl (C=O) groups is 2. The van der Waals surface area contributed by atoms with E-state index < -0.39 is 11.6 Å². The normalized spacial score (nSPS) is 23.3. The number of carbonyl (C=O) groups excluding carboxylic acids is 2. The first-order valence-electron chi connectivity index (χ1n) is 9.48. The van der Waals surface area contributed by atoms with Crippen molar-refractivity contribution < 1.29 is 18.4 Å². The second-order valence-corrected chi connectivity index (χ2v) is 7.48. The molecule has 0 bridgehead atoms. The largest absolute Gasteiger partial charge is 0.449 e. The Morgan fingerprint density at radius 2 is 1.96 bits per heavy atom. The van der Waals surface area contributed by atoms with Crippen LogP contribution in [-0.2, 0) is 17.8 Å². The summed E-state index contributed by atoms with van der Waals surface area (Å²) in [6.07, 6.45) is 3.35. The van der Waals surface area contributed by atoms with E-state index in [0.717, 1.165) is 31.5 Å². The summed E-state index contributed by atoms with van der Waals surface area (Å²) >= 11 is 0. The number of amides is 3. The number of oxazole rings is 1. The van der Waals surface area contributed by atoms with Crippen LogP contribution in [0.1, 0.15) is 30.0 Å². The van der Waals surface area contributed by atoms with Gasteiger partial charge in [-0.1, -0.05) is 12.1 Å². The van der Waals surface area contributed by atoms with E-state index >= 15 is 0 Å². The zero-order chi connectivity index (χ0) is 19.7. The van der Waals surface area contributed by atoms with E-state index in [-0.39, 0.29) is 24.2 Å². The highest BCUT2D eigenvalue weighted by Gasteiger charge is 2.55. The second kappa shape index (κ2) is 7.35. The monoisotopic (exact) mass is 386 g/mol. The maximum Gasteiger partial charge on any atom is 0.325 e. The van der Waals surface area contributed by atoms with Crippen molar-refractivity contribution in [3.8, 4) is 0 Å². The Morgan fingerprint density at radius 3 is 2.61 bits per heavy atom. The molecule has 148 valence electrons. The molecule has 2 N–H and O–H groups in total. The molecular weight excluding hydrogens is 363 g/mol. The van der Waals surface area contributed by atoms with Crippen LogP contribution >= 0.6 is 0 Å². The number of imide groups is 1. The summed E-state index contributed by atoms with van der Waals surface area (Å²) in [4.78, 5) is 31.7. The summed E-state index contributed by atoms with van der Waals surface area (Å²) in [5.41, 5.74) is 0.312. The maximum atomic E-state index is 13.5. The SMILES string of the molecule is Cc1nc(CN2C(=O)NC(Cc3ccc(F)cc3)(C3CCNCC3)C2=O)co1. The van der Waals surface area contributed by atoms with Gasteiger partial charge in [-0.2, -0.15) is 0 Å². The number of benzene rings is 1. The van der Waals surface area contributed by atoms with Crippen molar-refractivity contribution in [3.63, 3.8) is 0 Å². The smallest absolute Gasteiger partial charge is 0.325 e. The predicted molar refractivity (Wildman–Crippen MR) is 98.8 cm³/mol. The van der Waals surface area contributed by atoms with Gasteiger partial charge >= 0.3 is 6.03 Å². The molecule has 0 saturated carbocycles. The molecule has 2 aliphatic rings. The fraction of sp³-hybridized carbons (Fsp3) is 0.450. The Labute approximate surface area is 162 Å². The van der Waals surface area contributed by atoms with Gasteiger partial charge in [0.25, 0.3) is 5.91 Å². The molecule has 4 rings (SSSR count). The molecule has 2 aliphatic heterocycles. The molecule has 2 aromatic rings. The summed E-state index contributed by atoms with van der Waals surface area (Å²) in [5.74, 6) is -0.101. The Morgan fingerprint density at radius 1 is 1.25 bits per heavy atom. The third-order valence-corrected chi connectivity index (χ3v) is 5.62. The van der Waals surface area contributed by atoms with Crippen molar-refractivity contribution in [3.05, 3.63) is 53.5 Å². The van der Waals surface area contributed by atoms with Gasteiger partial charge in [-0.3, -0.25) is 9.69 Å². The molecule has 0 aliphatic carbocycles. The molecule has 28 heavy (non-hydrogen) atoms. The minimum atomic E-state index is -1.03. The van der Waals surface area contributed by atoms with Gasteiger partial charge in [-0.05, 0) is 49.5 Å². The van der Waals surface area contributed by atoms with Crippen LogP contribution in [0.5, 0.6) is 0 Å². The lowest BCUT2D eigenvalue weighted by Crippen LogP contribution is -2.57. The molecule has 8 heteroatoms. The molecule has 0 spiro atoms. The average Bonchev–Trinajstić information content (AvgIpc) is 3.21. The third-order valence-electron chi connectivity index (χ3n) is 5.62. The number of rotatable bonds is 5. The number of aromatic nitrogens is 1. The van der Waals surface area contributed by atoms with Gasteiger partial charge in [0.05, 0.1) is 12.2 Å². The number of nitrogens with zero attached hydrogens (tertiary/aromatic N) is 2. The molecule has 7 nitrogen and oxygen atoms in total. The quantitative estimate of drug-likeness (QED) is 0.769. The van der Waals surface area contributed by atoms with Crippen molar-refractivity contribution in [1.82, 2.24) is 20.5 Å². The van der Waals surface area contributed by atoms with E-state index in [1.165, 1.54) is 23.3 Å². The third kappa shape index (κ3) is 3.40. The van der Waals surface area contributed by atoms with Crippen LogP contribution in [0.3, 0.4) is 0 Å². The first-order valence-corrected chi connectivity index (χ1v) is 9.48. The number of aryl methyl sites for hydroxylation is 1. The van der Waals surface area contributed by atoms with E-state index in [1.807, 2.05) is 0 Å². The molecule has 0 radical (unpaired) electrons. The number of nitrogens with one attached hydrogen (secondary N) is 2. The van der Waals surface area contributed by atoms with E-state index in [0.29, 0.717) is 18.0 Å². The standard InChI is InChI=1S/C20H23FN4O3/c1-13-23-17(12-28-13)11-25-18(26)20(24-19(25)27,15-6-8-22-9-7-15)10-14-2-4-16(21)5-3-14/h2-5,12,15,22H,6-11H2,1H3,(H,24,27). The summed E-state index contributed by atoms with van der Waals surface area (Å²) in [6, 6.07) is 5.67. The lowest BCUT2D eigenvalue weighted by molar-refractivity contribution is -0.134. The van der Waals surface area contributed by atoms with Crippen LogP contribution in [0.4, 0.5) is 9.18 Å². The zero-order valence-corrected chi connectivity index (χ0v) is 15.7. The Hall–Kier alpha value is -2.74. The number of hydrogen-bond acceptors (Lipinski definition) is 5. The van der Waals surface area contributed by atoms with Gasteiger partial charge in [0.2, 0.25) is 0 Å². The number of halogens is 1. The number of hydrogen-bond donors (Lipinski definition) is 2. The van der Waals surface area contributed by atoms with Crippen LogP contribution < -0.4 is 10.6 Å². The van der Waals surface area contributed by atoms with Gasteiger partial charge in [-0.25, -0.2) is 14.2 Å². The van der Waals surface area contributed by atoms with Gasteiger partial charge < -0.3 is 15.1 Å². The molecule has 2 saturated heterocycles. The zero-order valence-electron chi connectivity index (χ0n) is 15.7. The van der Waals surface area contributed by atoms with E-state index in [1.54, 1.807) is 19.1 Å². The van der Waals surface area contributed by atoms with Crippen molar-refractivity contribution in [2.45, 2.75) is 38.3 Å². The van der Waals surface area contributed by atoms with Crippen LogP contribution in [0.25, 0.3) is 0 Å². The Kier molecular flexibility index (Phi) is 4.89. The summed E-state index contributed by atoms with van der Waals surface area (Å²) in [7, 11) is 0. The fourth-order valence-corrected chi connectivity index (χ4v) is 4.21. The predicted octanol–water partition coefficient (Wildman–Crippen LogP) is 2.16. The summed E-state index contributed by atoms with van der Waals surface area (Å²) in [6.45, 7) is 3.37. The summed E-state index contributed by atoms with van der Waals surface area (Å²) < 4.78 is 18.5. The minimum Gasteiger partial charge on any atom is -0.449 e. The average molecular weight is 386 g/mol. The summed E-state index contributed by atoms with van der Waals surface area (Å²) in [5, 5.41) is 6.28. The van der Waals surface area contributed by atoms with E-state index in [4.69, 9.17) is 4.42 Å². The van der Waals surface area contributed by atoms with Crippen LogP contribution in [-0.4, -0.2) is 40.5 Å². The fourth-order valence-electron chi connectivity index (χ4n) is 4.21. The molecule has 2 fully saturated rings. The van der Waals surface area contributed by atoms with Crippen molar-refractivity contribution >= 4 is 11.9 Å². The van der Waals surface area contributed by atoms with Gasteiger partial charge in [-0.15, -0.1) is 0 Å². The van der Waals surface area contributed by atoms with Crippen LogP contribution in [0.2, 0.25) is 0 Å². The molecular formula is C20H23FN4O3. The highest BCUT2D eigenvalue weighted by Crippen LogP contribution is 2.35. The van der Waals surface area contributed by atoms with Crippen molar-refractivity contribution in [2.24, 2.45) is 5.92 Å². The highest BCUT2D eigenvalue weighted by atomic mass is 19.1. The lowest BCUT2D eigenvalue weighted by Gasteiger charge is -2.38. The second-order valence-electron chi connectivity index (χ2n) is 7.48. The maximum absolute atomic E-state index is 13.5. The van der Waals surface area contributed by atoms with Crippen LogP contribution in [0, 0.1) is 18.7 Å². The molecule has 3 amide bonds. The van der Waals surface area contributed by atoms with E-state index in [2.05, 4.69) is 15.6 Å². The lowest BCUT2D eigenvalue weighted by atomic mass is 9.74. The first-order chi connectivity index (χ1) is 13.5. The topological polar surface area (TPSA) is 87.5 Å². The van der Waals surface area contributed by atoms with Crippen molar-refractivity contribution in [2.75, 3.05) is 13.1 Å². The van der Waals surface area contributed by atoms with E-state index in [9.17, 15) is 14.0 Å². The first kappa shape index (κ1) is 18.6. The Bertz CT molecular complexity index is 876. The molecule has 3 heterocycles.